The van der Waals surface area contributed by atoms with Crippen molar-refractivity contribution in [2.24, 2.45) is 0 Å². The fourth-order valence-corrected chi connectivity index (χ4v) is 3.32. The van der Waals surface area contributed by atoms with Crippen molar-refractivity contribution in [3.05, 3.63) is 89.2 Å². The van der Waals surface area contributed by atoms with Gasteiger partial charge in [-0.2, -0.15) is 0 Å². The summed E-state index contributed by atoms with van der Waals surface area (Å²) < 4.78 is 5.07. The molecule has 5 nitrogen and oxygen atoms in total. The van der Waals surface area contributed by atoms with Crippen LogP contribution in [0.1, 0.15) is 23.6 Å². The molecule has 0 radical (unpaired) electrons. The summed E-state index contributed by atoms with van der Waals surface area (Å²) in [5.74, 6) is -1.38. The maximum atomic E-state index is 12.9. The zero-order valence-corrected chi connectivity index (χ0v) is 15.7. The molecule has 0 fully saturated rings. The number of ether oxygens (including phenoxy) is 1. The Morgan fingerprint density at radius 1 is 1.11 bits per heavy atom. The molecule has 2 aromatic carbocycles. The molecule has 144 valence electrons. The van der Waals surface area contributed by atoms with Gasteiger partial charge in [0.2, 0.25) is 0 Å². The van der Waals surface area contributed by atoms with E-state index in [0.29, 0.717) is 19.6 Å². The van der Waals surface area contributed by atoms with Gasteiger partial charge in [0.25, 0.3) is 5.91 Å². The highest BCUT2D eigenvalue weighted by atomic mass is 16.5. The van der Waals surface area contributed by atoms with Gasteiger partial charge in [0.05, 0.1) is 11.6 Å². The summed E-state index contributed by atoms with van der Waals surface area (Å²) in [5.41, 5.74) is 1.77. The number of benzene rings is 2. The Balaban J connectivity index is 1.93. The van der Waals surface area contributed by atoms with Crippen LogP contribution in [0.2, 0.25) is 0 Å². The van der Waals surface area contributed by atoms with Gasteiger partial charge in [-0.25, -0.2) is 0 Å². The fourth-order valence-electron chi connectivity index (χ4n) is 3.32. The standard InChI is InChI=1S/C23H23NO4/c1-28-16-8-15-24-21(18-11-6-3-7-12-18)20(22(26)23(24)27)19(25)14-13-17-9-4-2-5-10-17/h2-7,9-14,21,26H,8,15-16H2,1H3. The Labute approximate surface area is 164 Å². The number of aliphatic hydroxyl groups excluding tert-OH is 1. The average molecular weight is 377 g/mol. The van der Waals surface area contributed by atoms with E-state index in [-0.39, 0.29) is 11.4 Å². The molecule has 5 heteroatoms. The van der Waals surface area contributed by atoms with E-state index in [9.17, 15) is 14.7 Å². The van der Waals surface area contributed by atoms with E-state index in [1.807, 2.05) is 60.7 Å². The van der Waals surface area contributed by atoms with Crippen molar-refractivity contribution in [2.45, 2.75) is 12.5 Å². The number of nitrogens with zero attached hydrogens (tertiary/aromatic N) is 1. The molecule has 3 rings (SSSR count). The van der Waals surface area contributed by atoms with Crippen LogP contribution in [0.3, 0.4) is 0 Å². The van der Waals surface area contributed by atoms with Crippen LogP contribution in [0.25, 0.3) is 6.08 Å². The Kier molecular flexibility index (Phi) is 6.40. The number of amides is 1. The van der Waals surface area contributed by atoms with Gasteiger partial charge in [0, 0.05) is 20.3 Å². The zero-order valence-electron chi connectivity index (χ0n) is 15.7. The number of carbonyl (C=O) groups excluding carboxylic acids is 2. The van der Waals surface area contributed by atoms with Gasteiger partial charge in [-0.1, -0.05) is 66.7 Å². The van der Waals surface area contributed by atoms with Crippen molar-refractivity contribution in [3.8, 4) is 0 Å². The van der Waals surface area contributed by atoms with Crippen molar-refractivity contribution in [3.63, 3.8) is 0 Å². The maximum Gasteiger partial charge on any atom is 0.290 e. The molecular formula is C23H23NO4. The maximum absolute atomic E-state index is 12.9. The molecule has 0 saturated carbocycles. The Bertz CT molecular complexity index is 887. The lowest BCUT2D eigenvalue weighted by Gasteiger charge is -2.26. The summed E-state index contributed by atoms with van der Waals surface area (Å²) in [6.07, 6.45) is 3.70. The van der Waals surface area contributed by atoms with E-state index in [4.69, 9.17) is 4.74 Å². The quantitative estimate of drug-likeness (QED) is 0.563. The van der Waals surface area contributed by atoms with Crippen molar-refractivity contribution in [1.82, 2.24) is 4.90 Å². The van der Waals surface area contributed by atoms with Gasteiger partial charge in [-0.05, 0) is 23.6 Å². The fraction of sp³-hybridized carbons (Fsp3) is 0.217. The molecular weight excluding hydrogens is 354 g/mol. The van der Waals surface area contributed by atoms with Crippen LogP contribution < -0.4 is 0 Å². The molecule has 1 unspecified atom stereocenters. The molecule has 0 saturated heterocycles. The van der Waals surface area contributed by atoms with Crippen LogP contribution in [0.4, 0.5) is 0 Å². The molecule has 1 heterocycles. The largest absolute Gasteiger partial charge is 0.503 e. The third-order valence-electron chi connectivity index (χ3n) is 4.66. The van der Waals surface area contributed by atoms with Crippen molar-refractivity contribution in [2.75, 3.05) is 20.3 Å². The lowest BCUT2D eigenvalue weighted by atomic mass is 9.95. The van der Waals surface area contributed by atoms with E-state index in [2.05, 4.69) is 0 Å². The van der Waals surface area contributed by atoms with Crippen LogP contribution in [0, 0.1) is 0 Å². The van der Waals surface area contributed by atoms with Gasteiger partial charge in [-0.15, -0.1) is 0 Å². The number of allylic oxidation sites excluding steroid dienone is 1. The number of methoxy groups -OCH3 is 1. The number of hydrogen-bond donors (Lipinski definition) is 1. The molecule has 2 aromatic rings. The first-order valence-electron chi connectivity index (χ1n) is 9.19. The molecule has 1 aliphatic heterocycles. The summed E-state index contributed by atoms with van der Waals surface area (Å²) >= 11 is 0. The van der Waals surface area contributed by atoms with Crippen LogP contribution in [0.15, 0.2) is 78.1 Å². The summed E-state index contributed by atoms with van der Waals surface area (Å²) in [6.45, 7) is 0.874. The monoisotopic (exact) mass is 377 g/mol. The van der Waals surface area contributed by atoms with Gasteiger partial charge >= 0.3 is 0 Å². The highest BCUT2D eigenvalue weighted by Gasteiger charge is 2.42. The van der Waals surface area contributed by atoms with E-state index >= 15 is 0 Å². The van der Waals surface area contributed by atoms with E-state index in [1.165, 1.54) is 11.0 Å². The Morgan fingerprint density at radius 3 is 2.39 bits per heavy atom. The van der Waals surface area contributed by atoms with Gasteiger partial charge in [0.1, 0.15) is 0 Å². The van der Waals surface area contributed by atoms with Crippen LogP contribution in [-0.4, -0.2) is 42.0 Å². The van der Waals surface area contributed by atoms with Gasteiger partial charge < -0.3 is 14.7 Å². The minimum absolute atomic E-state index is 0.112. The highest BCUT2D eigenvalue weighted by molar-refractivity contribution is 6.14. The van der Waals surface area contributed by atoms with Gasteiger partial charge in [-0.3, -0.25) is 9.59 Å². The molecule has 0 spiro atoms. The predicted molar refractivity (Wildman–Crippen MR) is 108 cm³/mol. The summed E-state index contributed by atoms with van der Waals surface area (Å²) in [5, 5.41) is 10.5. The highest BCUT2D eigenvalue weighted by Crippen LogP contribution is 2.37. The molecule has 1 atom stereocenters. The first kappa shape index (κ1) is 19.6. The molecule has 28 heavy (non-hydrogen) atoms. The Morgan fingerprint density at radius 2 is 1.75 bits per heavy atom. The zero-order chi connectivity index (χ0) is 19.9. The molecule has 1 aliphatic rings. The van der Waals surface area contributed by atoms with E-state index in [1.54, 1.807) is 13.2 Å². The van der Waals surface area contributed by atoms with Crippen molar-refractivity contribution in [1.29, 1.82) is 0 Å². The number of carbonyl (C=O) groups is 2. The summed E-state index contributed by atoms with van der Waals surface area (Å²) in [6, 6.07) is 18.1. The van der Waals surface area contributed by atoms with Crippen LogP contribution >= 0.6 is 0 Å². The van der Waals surface area contributed by atoms with Crippen LogP contribution in [-0.2, 0) is 14.3 Å². The first-order valence-corrected chi connectivity index (χ1v) is 9.19. The minimum atomic E-state index is -0.613. The average Bonchev–Trinajstić information content (AvgIpc) is 2.98. The normalized spacial score (nSPS) is 17.0. The van der Waals surface area contributed by atoms with E-state index < -0.39 is 17.7 Å². The molecule has 0 aromatic heterocycles. The predicted octanol–water partition coefficient (Wildman–Crippen LogP) is 3.70. The number of hydrogen-bond acceptors (Lipinski definition) is 4. The SMILES string of the molecule is COCCCN1C(=O)C(O)=C(C(=O)C=Cc2ccccc2)C1c1ccccc1. The second kappa shape index (κ2) is 9.15. The summed E-state index contributed by atoms with van der Waals surface area (Å²) in [7, 11) is 1.60. The molecule has 0 bridgehead atoms. The third kappa shape index (κ3) is 4.21. The molecule has 1 N–H and O–H groups in total. The molecule has 0 aliphatic carbocycles. The second-order valence-electron chi connectivity index (χ2n) is 6.53. The third-order valence-corrected chi connectivity index (χ3v) is 4.66. The topological polar surface area (TPSA) is 66.8 Å². The van der Waals surface area contributed by atoms with Crippen molar-refractivity contribution >= 4 is 17.8 Å². The smallest absolute Gasteiger partial charge is 0.290 e. The molecule has 1 amide bonds. The second-order valence-corrected chi connectivity index (χ2v) is 6.53. The number of ketones is 1. The number of rotatable bonds is 8. The minimum Gasteiger partial charge on any atom is -0.503 e. The van der Waals surface area contributed by atoms with Crippen LogP contribution in [0.5, 0.6) is 0 Å². The lowest BCUT2D eigenvalue weighted by Crippen LogP contribution is -2.32. The number of aliphatic hydroxyl groups is 1. The van der Waals surface area contributed by atoms with E-state index in [0.717, 1.165) is 11.1 Å². The Hall–Kier alpha value is -3.18. The lowest BCUT2D eigenvalue weighted by molar-refractivity contribution is -0.129. The first-order chi connectivity index (χ1) is 13.6. The van der Waals surface area contributed by atoms with Crippen molar-refractivity contribution < 1.29 is 19.4 Å². The van der Waals surface area contributed by atoms with Gasteiger partial charge in [0.15, 0.2) is 11.5 Å². The summed E-state index contributed by atoms with van der Waals surface area (Å²) in [4.78, 5) is 27.1.